The summed E-state index contributed by atoms with van der Waals surface area (Å²) in [5.41, 5.74) is 0.983. The third kappa shape index (κ3) is 2.13. The molecule has 4 heteroatoms. The molecule has 0 saturated carbocycles. The highest BCUT2D eigenvalue weighted by Crippen LogP contribution is 2.10. The first-order valence-electron chi connectivity index (χ1n) is 5.00. The summed E-state index contributed by atoms with van der Waals surface area (Å²) in [4.78, 5) is 4.34. The summed E-state index contributed by atoms with van der Waals surface area (Å²) in [6, 6.07) is 0.348. The summed E-state index contributed by atoms with van der Waals surface area (Å²) in [6.07, 6.45) is 0.814. The van der Waals surface area contributed by atoms with E-state index < -0.39 is 0 Å². The SMILES string of the molecule is Cc1nc(CC2COCCN2)oc1C. The summed E-state index contributed by atoms with van der Waals surface area (Å²) in [7, 11) is 0. The van der Waals surface area contributed by atoms with Gasteiger partial charge in [0.1, 0.15) is 5.76 Å². The molecule has 1 atom stereocenters. The highest BCUT2D eigenvalue weighted by atomic mass is 16.5. The van der Waals surface area contributed by atoms with Crippen molar-refractivity contribution in [1.82, 2.24) is 10.3 Å². The van der Waals surface area contributed by atoms with Crippen molar-refractivity contribution in [3.8, 4) is 0 Å². The molecule has 1 aliphatic rings. The first-order chi connectivity index (χ1) is 6.75. The van der Waals surface area contributed by atoms with Gasteiger partial charge < -0.3 is 14.5 Å². The Balaban J connectivity index is 1.95. The fraction of sp³-hybridized carbons (Fsp3) is 0.700. The summed E-state index contributed by atoms with van der Waals surface area (Å²) in [5, 5.41) is 3.37. The van der Waals surface area contributed by atoms with Crippen molar-refractivity contribution in [3.63, 3.8) is 0 Å². The van der Waals surface area contributed by atoms with E-state index in [1.54, 1.807) is 0 Å². The number of hydrogen-bond acceptors (Lipinski definition) is 4. The molecular formula is C10H16N2O2. The maximum atomic E-state index is 5.51. The number of aromatic nitrogens is 1. The molecule has 1 N–H and O–H groups in total. The maximum Gasteiger partial charge on any atom is 0.196 e. The number of morpholine rings is 1. The normalized spacial score (nSPS) is 22.6. The zero-order chi connectivity index (χ0) is 9.97. The molecule has 0 aromatic carbocycles. The van der Waals surface area contributed by atoms with Crippen LogP contribution in [0.25, 0.3) is 0 Å². The number of nitrogens with one attached hydrogen (secondary N) is 1. The number of aryl methyl sites for hydroxylation is 2. The minimum absolute atomic E-state index is 0.348. The molecule has 1 aromatic heterocycles. The fourth-order valence-corrected chi connectivity index (χ4v) is 1.59. The zero-order valence-electron chi connectivity index (χ0n) is 8.67. The highest BCUT2D eigenvalue weighted by Gasteiger charge is 2.16. The van der Waals surface area contributed by atoms with Crippen LogP contribution < -0.4 is 5.32 Å². The van der Waals surface area contributed by atoms with E-state index in [0.29, 0.717) is 6.04 Å². The topological polar surface area (TPSA) is 47.3 Å². The third-order valence-electron chi connectivity index (χ3n) is 2.49. The van der Waals surface area contributed by atoms with Gasteiger partial charge in [0.05, 0.1) is 18.9 Å². The van der Waals surface area contributed by atoms with Crippen molar-refractivity contribution in [1.29, 1.82) is 0 Å². The molecule has 14 heavy (non-hydrogen) atoms. The number of ether oxygens (including phenoxy) is 1. The van der Waals surface area contributed by atoms with Gasteiger partial charge in [0.25, 0.3) is 0 Å². The van der Waals surface area contributed by atoms with Crippen LogP contribution >= 0.6 is 0 Å². The van der Waals surface area contributed by atoms with Crippen molar-refractivity contribution in [2.45, 2.75) is 26.3 Å². The number of nitrogens with zero attached hydrogens (tertiary/aromatic N) is 1. The van der Waals surface area contributed by atoms with Crippen LogP contribution in [0.1, 0.15) is 17.3 Å². The van der Waals surface area contributed by atoms with E-state index in [-0.39, 0.29) is 0 Å². The molecule has 2 rings (SSSR count). The summed E-state index contributed by atoms with van der Waals surface area (Å²) >= 11 is 0. The molecule has 1 saturated heterocycles. The van der Waals surface area contributed by atoms with Crippen LogP contribution in [0.2, 0.25) is 0 Å². The largest absolute Gasteiger partial charge is 0.446 e. The predicted octanol–water partition coefficient (Wildman–Crippen LogP) is 0.822. The Labute approximate surface area is 83.7 Å². The lowest BCUT2D eigenvalue weighted by Gasteiger charge is -2.22. The van der Waals surface area contributed by atoms with E-state index in [4.69, 9.17) is 9.15 Å². The van der Waals surface area contributed by atoms with Gasteiger partial charge in [-0.1, -0.05) is 0 Å². The van der Waals surface area contributed by atoms with Gasteiger partial charge in [-0.05, 0) is 13.8 Å². The summed E-state index contributed by atoms with van der Waals surface area (Å²) in [6.45, 7) is 6.38. The van der Waals surface area contributed by atoms with E-state index in [1.807, 2.05) is 13.8 Å². The first-order valence-corrected chi connectivity index (χ1v) is 5.00. The van der Waals surface area contributed by atoms with Gasteiger partial charge in [-0.25, -0.2) is 4.98 Å². The lowest BCUT2D eigenvalue weighted by molar-refractivity contribution is 0.0749. The van der Waals surface area contributed by atoms with Gasteiger partial charge in [0, 0.05) is 19.0 Å². The molecule has 0 amide bonds. The average molecular weight is 196 g/mol. The molecule has 4 nitrogen and oxygen atoms in total. The Morgan fingerprint density at radius 3 is 2.93 bits per heavy atom. The van der Waals surface area contributed by atoms with E-state index in [1.165, 1.54) is 0 Å². The van der Waals surface area contributed by atoms with Crippen LogP contribution in [0.3, 0.4) is 0 Å². The number of hydrogen-bond donors (Lipinski definition) is 1. The fourth-order valence-electron chi connectivity index (χ4n) is 1.59. The molecule has 1 aromatic rings. The van der Waals surface area contributed by atoms with Crippen molar-refractivity contribution in [2.75, 3.05) is 19.8 Å². The molecule has 2 heterocycles. The van der Waals surface area contributed by atoms with Crippen LogP contribution in [0, 0.1) is 13.8 Å². The molecule has 0 spiro atoms. The van der Waals surface area contributed by atoms with E-state index in [9.17, 15) is 0 Å². The third-order valence-corrected chi connectivity index (χ3v) is 2.49. The lowest BCUT2D eigenvalue weighted by atomic mass is 10.2. The maximum absolute atomic E-state index is 5.51. The van der Waals surface area contributed by atoms with Crippen LogP contribution in [0.4, 0.5) is 0 Å². The monoisotopic (exact) mass is 196 g/mol. The molecule has 78 valence electrons. The molecule has 1 aliphatic heterocycles. The first kappa shape index (κ1) is 9.68. The van der Waals surface area contributed by atoms with Crippen molar-refractivity contribution >= 4 is 0 Å². The van der Waals surface area contributed by atoms with Crippen LogP contribution in [-0.2, 0) is 11.2 Å². The van der Waals surface area contributed by atoms with Gasteiger partial charge in [-0.3, -0.25) is 0 Å². The molecule has 0 bridgehead atoms. The second kappa shape index (κ2) is 4.11. The Bertz CT molecular complexity index is 284. The van der Waals surface area contributed by atoms with Gasteiger partial charge >= 0.3 is 0 Å². The van der Waals surface area contributed by atoms with Gasteiger partial charge in [-0.15, -0.1) is 0 Å². The van der Waals surface area contributed by atoms with E-state index in [0.717, 1.165) is 43.5 Å². The molecule has 0 radical (unpaired) electrons. The van der Waals surface area contributed by atoms with Gasteiger partial charge in [0.15, 0.2) is 5.89 Å². The average Bonchev–Trinajstić information content (AvgIpc) is 2.47. The van der Waals surface area contributed by atoms with Gasteiger partial charge in [0.2, 0.25) is 0 Å². The summed E-state index contributed by atoms with van der Waals surface area (Å²) < 4.78 is 10.9. The second-order valence-electron chi connectivity index (χ2n) is 3.68. The van der Waals surface area contributed by atoms with Crippen LogP contribution in [-0.4, -0.2) is 30.8 Å². The van der Waals surface area contributed by atoms with Crippen molar-refractivity contribution < 1.29 is 9.15 Å². The Morgan fingerprint density at radius 1 is 1.50 bits per heavy atom. The highest BCUT2D eigenvalue weighted by molar-refractivity contribution is 5.06. The molecular weight excluding hydrogens is 180 g/mol. The molecule has 0 aliphatic carbocycles. The standard InChI is InChI=1S/C10H16N2O2/c1-7-8(2)14-10(12-7)5-9-6-13-4-3-11-9/h9,11H,3-6H2,1-2H3. The predicted molar refractivity (Wildman–Crippen MR) is 52.3 cm³/mol. The smallest absolute Gasteiger partial charge is 0.196 e. The number of rotatable bonds is 2. The minimum atomic E-state index is 0.348. The van der Waals surface area contributed by atoms with E-state index in [2.05, 4.69) is 10.3 Å². The second-order valence-corrected chi connectivity index (χ2v) is 3.68. The quantitative estimate of drug-likeness (QED) is 0.760. The minimum Gasteiger partial charge on any atom is -0.446 e. The Hall–Kier alpha value is -0.870. The number of oxazole rings is 1. The van der Waals surface area contributed by atoms with Crippen LogP contribution in [0.5, 0.6) is 0 Å². The summed E-state index contributed by atoms with van der Waals surface area (Å²) in [5.74, 6) is 1.72. The van der Waals surface area contributed by atoms with Crippen molar-refractivity contribution in [3.05, 3.63) is 17.3 Å². The van der Waals surface area contributed by atoms with Crippen LogP contribution in [0.15, 0.2) is 4.42 Å². The molecule has 1 fully saturated rings. The van der Waals surface area contributed by atoms with E-state index >= 15 is 0 Å². The Morgan fingerprint density at radius 2 is 2.36 bits per heavy atom. The Kier molecular flexibility index (Phi) is 2.84. The zero-order valence-corrected chi connectivity index (χ0v) is 8.67. The molecule has 1 unspecified atom stereocenters. The van der Waals surface area contributed by atoms with Gasteiger partial charge in [-0.2, -0.15) is 0 Å². The lowest BCUT2D eigenvalue weighted by Crippen LogP contribution is -2.42. The van der Waals surface area contributed by atoms with Crippen molar-refractivity contribution in [2.24, 2.45) is 0 Å².